The molecule has 2 aromatic carbocycles. The first-order valence-corrected chi connectivity index (χ1v) is 8.57. The fraction of sp³-hybridized carbons (Fsp3) is 0.350. The quantitative estimate of drug-likeness (QED) is 0.744. The zero-order chi connectivity index (χ0) is 17.2. The second kappa shape index (κ2) is 9.73. The standard InChI is InChI=1S/C20H27N3O/c1-3-23(4-2)16-18-11-9-8-10-17(18)14-22-20(24)15-21-19-12-6-5-7-13-19/h5-13,21H,3-4,14-16H2,1-2H3,(H,22,24). The van der Waals surface area contributed by atoms with E-state index in [1.165, 1.54) is 11.1 Å². The predicted molar refractivity (Wildman–Crippen MR) is 99.8 cm³/mol. The minimum absolute atomic E-state index is 0.00325. The van der Waals surface area contributed by atoms with E-state index in [1.54, 1.807) is 0 Å². The smallest absolute Gasteiger partial charge is 0.239 e. The summed E-state index contributed by atoms with van der Waals surface area (Å²) in [4.78, 5) is 14.4. The van der Waals surface area contributed by atoms with Crippen molar-refractivity contribution in [1.82, 2.24) is 10.2 Å². The van der Waals surface area contributed by atoms with Gasteiger partial charge in [-0.05, 0) is 36.3 Å². The fourth-order valence-corrected chi connectivity index (χ4v) is 2.57. The molecule has 0 saturated carbocycles. The summed E-state index contributed by atoms with van der Waals surface area (Å²) in [6.07, 6.45) is 0. The number of nitrogens with one attached hydrogen (secondary N) is 2. The van der Waals surface area contributed by atoms with Gasteiger partial charge in [0.15, 0.2) is 0 Å². The Labute approximate surface area is 144 Å². The molecular formula is C20H27N3O. The normalized spacial score (nSPS) is 10.6. The van der Waals surface area contributed by atoms with Crippen LogP contribution in [0.15, 0.2) is 54.6 Å². The predicted octanol–water partition coefficient (Wildman–Crippen LogP) is 3.26. The maximum absolute atomic E-state index is 12.1. The van der Waals surface area contributed by atoms with E-state index in [1.807, 2.05) is 36.4 Å². The van der Waals surface area contributed by atoms with E-state index < -0.39 is 0 Å². The molecule has 2 rings (SSSR count). The summed E-state index contributed by atoms with van der Waals surface area (Å²) in [6, 6.07) is 18.1. The van der Waals surface area contributed by atoms with Crippen molar-refractivity contribution in [3.05, 3.63) is 65.7 Å². The van der Waals surface area contributed by atoms with Crippen LogP contribution in [0.4, 0.5) is 5.69 Å². The molecule has 0 fully saturated rings. The monoisotopic (exact) mass is 325 g/mol. The first-order valence-electron chi connectivity index (χ1n) is 8.57. The number of carbonyl (C=O) groups excluding carboxylic acids is 1. The molecule has 0 aromatic heterocycles. The van der Waals surface area contributed by atoms with Crippen molar-refractivity contribution >= 4 is 11.6 Å². The lowest BCUT2D eigenvalue weighted by molar-refractivity contribution is -0.119. The molecular weight excluding hydrogens is 298 g/mol. The third kappa shape index (κ3) is 5.70. The van der Waals surface area contributed by atoms with Crippen LogP contribution in [0, 0.1) is 0 Å². The lowest BCUT2D eigenvalue weighted by Gasteiger charge is -2.20. The molecule has 0 aliphatic carbocycles. The van der Waals surface area contributed by atoms with Crippen LogP contribution in [-0.4, -0.2) is 30.4 Å². The summed E-state index contributed by atoms with van der Waals surface area (Å²) >= 11 is 0. The number of carbonyl (C=O) groups is 1. The first kappa shape index (κ1) is 18.0. The topological polar surface area (TPSA) is 44.4 Å². The molecule has 4 heteroatoms. The molecule has 1 amide bonds. The van der Waals surface area contributed by atoms with Crippen LogP contribution in [0.3, 0.4) is 0 Å². The number of amides is 1. The molecule has 0 unspecified atom stereocenters. The summed E-state index contributed by atoms with van der Waals surface area (Å²) in [5.41, 5.74) is 3.41. The van der Waals surface area contributed by atoms with Gasteiger partial charge in [0.1, 0.15) is 0 Å². The van der Waals surface area contributed by atoms with Gasteiger partial charge in [0.2, 0.25) is 5.91 Å². The second-order valence-corrected chi connectivity index (χ2v) is 5.73. The van der Waals surface area contributed by atoms with E-state index in [9.17, 15) is 4.79 Å². The van der Waals surface area contributed by atoms with Crippen molar-refractivity contribution in [1.29, 1.82) is 0 Å². The van der Waals surface area contributed by atoms with Gasteiger partial charge in [0.25, 0.3) is 0 Å². The number of hydrogen-bond acceptors (Lipinski definition) is 3. The van der Waals surface area contributed by atoms with Crippen LogP contribution >= 0.6 is 0 Å². The fourth-order valence-electron chi connectivity index (χ4n) is 2.57. The second-order valence-electron chi connectivity index (χ2n) is 5.73. The Kier molecular flexibility index (Phi) is 7.30. The maximum atomic E-state index is 12.1. The summed E-state index contributed by atoms with van der Waals surface area (Å²) < 4.78 is 0. The van der Waals surface area contributed by atoms with Gasteiger partial charge in [-0.15, -0.1) is 0 Å². The van der Waals surface area contributed by atoms with Gasteiger partial charge >= 0.3 is 0 Å². The third-order valence-electron chi connectivity index (χ3n) is 4.11. The van der Waals surface area contributed by atoms with E-state index in [0.29, 0.717) is 6.54 Å². The molecule has 2 N–H and O–H groups in total. The molecule has 0 atom stereocenters. The molecule has 0 bridgehead atoms. The highest BCUT2D eigenvalue weighted by atomic mass is 16.1. The first-order chi connectivity index (χ1) is 11.7. The van der Waals surface area contributed by atoms with Gasteiger partial charge in [-0.1, -0.05) is 56.3 Å². The van der Waals surface area contributed by atoms with Crippen LogP contribution in [-0.2, 0) is 17.9 Å². The minimum Gasteiger partial charge on any atom is -0.376 e. The van der Waals surface area contributed by atoms with Gasteiger partial charge < -0.3 is 10.6 Å². The average Bonchev–Trinajstić information content (AvgIpc) is 2.64. The van der Waals surface area contributed by atoms with Gasteiger partial charge in [0, 0.05) is 18.8 Å². The van der Waals surface area contributed by atoms with Crippen molar-refractivity contribution in [2.24, 2.45) is 0 Å². The molecule has 24 heavy (non-hydrogen) atoms. The Morgan fingerprint density at radius 1 is 0.917 bits per heavy atom. The summed E-state index contributed by atoms with van der Waals surface area (Å²) in [6.45, 7) is 8.15. The van der Waals surface area contributed by atoms with Gasteiger partial charge in [-0.3, -0.25) is 9.69 Å². The molecule has 0 aliphatic heterocycles. The van der Waals surface area contributed by atoms with Crippen LogP contribution < -0.4 is 10.6 Å². The van der Waals surface area contributed by atoms with Crippen LogP contribution in [0.5, 0.6) is 0 Å². The largest absolute Gasteiger partial charge is 0.376 e. The van der Waals surface area contributed by atoms with Crippen LogP contribution in [0.2, 0.25) is 0 Å². The Morgan fingerprint density at radius 3 is 2.21 bits per heavy atom. The van der Waals surface area contributed by atoms with Crippen molar-refractivity contribution in [2.45, 2.75) is 26.9 Å². The van der Waals surface area contributed by atoms with Gasteiger partial charge in [-0.2, -0.15) is 0 Å². The van der Waals surface area contributed by atoms with E-state index in [0.717, 1.165) is 25.3 Å². The number of anilines is 1. The maximum Gasteiger partial charge on any atom is 0.239 e. The SMILES string of the molecule is CCN(CC)Cc1ccccc1CNC(=O)CNc1ccccc1. The van der Waals surface area contributed by atoms with Crippen LogP contribution in [0.1, 0.15) is 25.0 Å². The number of hydrogen-bond donors (Lipinski definition) is 2. The highest BCUT2D eigenvalue weighted by Gasteiger charge is 2.07. The van der Waals surface area contributed by atoms with E-state index >= 15 is 0 Å². The molecule has 0 radical (unpaired) electrons. The highest BCUT2D eigenvalue weighted by Crippen LogP contribution is 2.11. The minimum atomic E-state index is -0.00325. The molecule has 2 aromatic rings. The Balaban J connectivity index is 1.86. The third-order valence-corrected chi connectivity index (χ3v) is 4.11. The average molecular weight is 325 g/mol. The molecule has 4 nitrogen and oxygen atoms in total. The van der Waals surface area contributed by atoms with E-state index in [-0.39, 0.29) is 12.5 Å². The Hall–Kier alpha value is -2.33. The summed E-state index contributed by atoms with van der Waals surface area (Å²) in [5.74, 6) is -0.00325. The van der Waals surface area contributed by atoms with Crippen molar-refractivity contribution in [3.8, 4) is 0 Å². The number of nitrogens with zero attached hydrogens (tertiary/aromatic N) is 1. The van der Waals surface area contributed by atoms with Crippen LogP contribution in [0.25, 0.3) is 0 Å². The Bertz CT molecular complexity index is 624. The summed E-state index contributed by atoms with van der Waals surface area (Å²) in [5, 5.41) is 6.12. The van der Waals surface area contributed by atoms with Crippen molar-refractivity contribution in [2.75, 3.05) is 25.0 Å². The molecule has 0 aliphatic rings. The number of rotatable bonds is 9. The number of benzene rings is 2. The molecule has 0 saturated heterocycles. The Morgan fingerprint density at radius 2 is 1.54 bits per heavy atom. The zero-order valence-electron chi connectivity index (χ0n) is 14.6. The molecule has 0 spiro atoms. The number of para-hydroxylation sites is 1. The lowest BCUT2D eigenvalue weighted by Crippen LogP contribution is -2.30. The van der Waals surface area contributed by atoms with Crippen molar-refractivity contribution < 1.29 is 4.79 Å². The summed E-state index contributed by atoms with van der Waals surface area (Å²) in [7, 11) is 0. The van der Waals surface area contributed by atoms with Gasteiger partial charge in [0.05, 0.1) is 6.54 Å². The molecule has 128 valence electrons. The van der Waals surface area contributed by atoms with E-state index in [4.69, 9.17) is 0 Å². The molecule has 0 heterocycles. The van der Waals surface area contributed by atoms with Crippen molar-refractivity contribution in [3.63, 3.8) is 0 Å². The zero-order valence-corrected chi connectivity index (χ0v) is 14.6. The highest BCUT2D eigenvalue weighted by molar-refractivity contribution is 5.80. The van der Waals surface area contributed by atoms with E-state index in [2.05, 4.69) is 47.6 Å². The lowest BCUT2D eigenvalue weighted by atomic mass is 10.1. The van der Waals surface area contributed by atoms with Gasteiger partial charge in [-0.25, -0.2) is 0 Å².